The second-order valence-corrected chi connectivity index (χ2v) is 7.18. The van der Waals surface area contributed by atoms with Crippen molar-refractivity contribution in [2.75, 3.05) is 20.2 Å². The van der Waals surface area contributed by atoms with Crippen LogP contribution in [0.2, 0.25) is 0 Å². The van der Waals surface area contributed by atoms with Crippen LogP contribution in [0, 0.1) is 0 Å². The lowest BCUT2D eigenvalue weighted by atomic mass is 10.1. The minimum absolute atomic E-state index is 0.0172. The molecular weight excluding hydrogens is 368 g/mol. The molecule has 0 bridgehead atoms. The molecule has 0 aliphatic carbocycles. The Morgan fingerprint density at radius 1 is 1.03 bits per heavy atom. The van der Waals surface area contributed by atoms with Crippen molar-refractivity contribution in [1.82, 2.24) is 10.2 Å². The fourth-order valence-electron chi connectivity index (χ4n) is 3.41. The largest absolute Gasteiger partial charge is 0.497 e. The summed E-state index contributed by atoms with van der Waals surface area (Å²) in [5.74, 6) is 2.18. The smallest absolute Gasteiger partial charge is 0.251 e. The fourth-order valence-corrected chi connectivity index (χ4v) is 3.41. The molecule has 1 heterocycles. The number of likely N-dealkylation sites (tertiary alicyclic amines) is 1. The second-order valence-electron chi connectivity index (χ2n) is 7.18. The highest BCUT2D eigenvalue weighted by atomic mass is 16.5. The second kappa shape index (κ2) is 9.96. The van der Waals surface area contributed by atoms with E-state index in [-0.39, 0.29) is 17.9 Å². The van der Waals surface area contributed by atoms with Gasteiger partial charge in [-0.05, 0) is 67.8 Å². The predicted molar refractivity (Wildman–Crippen MR) is 111 cm³/mol. The molecule has 0 spiro atoms. The molecule has 154 valence electrons. The first-order chi connectivity index (χ1) is 14.1. The number of nitrogens with one attached hydrogen (secondary N) is 1. The van der Waals surface area contributed by atoms with E-state index in [4.69, 9.17) is 9.47 Å². The highest BCUT2D eigenvalue weighted by molar-refractivity contribution is 5.94. The van der Waals surface area contributed by atoms with Crippen LogP contribution in [0.5, 0.6) is 17.2 Å². The summed E-state index contributed by atoms with van der Waals surface area (Å²) >= 11 is 0. The number of benzene rings is 2. The van der Waals surface area contributed by atoms with Gasteiger partial charge in [-0.25, -0.2) is 0 Å². The van der Waals surface area contributed by atoms with E-state index in [1.54, 1.807) is 31.4 Å². The van der Waals surface area contributed by atoms with Crippen LogP contribution in [0.25, 0.3) is 0 Å². The lowest BCUT2D eigenvalue weighted by molar-refractivity contribution is -0.130. The molecule has 0 radical (unpaired) electrons. The number of nitrogens with zero attached hydrogens (tertiary/aromatic N) is 1. The van der Waals surface area contributed by atoms with Crippen molar-refractivity contribution in [3.05, 3.63) is 54.1 Å². The summed E-state index contributed by atoms with van der Waals surface area (Å²) in [6.07, 6.45) is 2.91. The van der Waals surface area contributed by atoms with E-state index in [1.807, 2.05) is 29.2 Å². The lowest BCUT2D eigenvalue weighted by Crippen LogP contribution is -2.36. The molecule has 1 atom stereocenters. The summed E-state index contributed by atoms with van der Waals surface area (Å²) in [6, 6.07) is 14.4. The van der Waals surface area contributed by atoms with Gasteiger partial charge in [-0.1, -0.05) is 6.92 Å². The normalized spacial score (nSPS) is 16.8. The Morgan fingerprint density at radius 2 is 1.66 bits per heavy atom. The Kier molecular flexibility index (Phi) is 7.11. The number of hydrogen-bond acceptors (Lipinski definition) is 4. The Labute approximate surface area is 171 Å². The summed E-state index contributed by atoms with van der Waals surface area (Å²) in [6.45, 7) is 3.56. The number of amides is 2. The zero-order valence-corrected chi connectivity index (χ0v) is 17.0. The first-order valence-corrected chi connectivity index (χ1v) is 10.1. The standard InChI is InChI=1S/C23H28N2O4/c1-3-15-25-16-14-18(6-13-22(25)26)24-23(27)17-4-7-20(8-5-17)29-21-11-9-19(28-2)10-12-21/h4-5,7-12,18H,3,6,13-16H2,1-2H3,(H,24,27). The molecule has 1 aliphatic heterocycles. The van der Waals surface area contributed by atoms with Crippen molar-refractivity contribution in [2.45, 2.75) is 38.6 Å². The topological polar surface area (TPSA) is 67.9 Å². The summed E-state index contributed by atoms with van der Waals surface area (Å²) in [5, 5.41) is 3.07. The highest BCUT2D eigenvalue weighted by Gasteiger charge is 2.23. The van der Waals surface area contributed by atoms with Gasteiger partial charge in [0.2, 0.25) is 5.91 Å². The summed E-state index contributed by atoms with van der Waals surface area (Å²) in [7, 11) is 1.62. The van der Waals surface area contributed by atoms with Crippen LogP contribution < -0.4 is 14.8 Å². The van der Waals surface area contributed by atoms with Gasteiger partial charge in [-0.3, -0.25) is 9.59 Å². The van der Waals surface area contributed by atoms with E-state index in [9.17, 15) is 9.59 Å². The molecule has 6 nitrogen and oxygen atoms in total. The molecule has 2 amide bonds. The molecule has 29 heavy (non-hydrogen) atoms. The number of hydrogen-bond donors (Lipinski definition) is 1. The van der Waals surface area contributed by atoms with E-state index in [1.165, 1.54) is 0 Å². The SMILES string of the molecule is CCCN1CCC(NC(=O)c2ccc(Oc3ccc(OC)cc3)cc2)CCC1=O. The third-order valence-electron chi connectivity index (χ3n) is 5.05. The van der Waals surface area contributed by atoms with E-state index in [0.29, 0.717) is 36.4 Å². The van der Waals surface area contributed by atoms with Crippen molar-refractivity contribution in [2.24, 2.45) is 0 Å². The molecule has 0 aromatic heterocycles. The fraction of sp³-hybridized carbons (Fsp3) is 0.391. The van der Waals surface area contributed by atoms with Crippen LogP contribution in [0.3, 0.4) is 0 Å². The Balaban J connectivity index is 1.55. The van der Waals surface area contributed by atoms with Gasteiger partial charge in [0.05, 0.1) is 7.11 Å². The van der Waals surface area contributed by atoms with Gasteiger partial charge < -0.3 is 19.7 Å². The van der Waals surface area contributed by atoms with Crippen LogP contribution in [-0.4, -0.2) is 43.0 Å². The first-order valence-electron chi connectivity index (χ1n) is 10.1. The minimum Gasteiger partial charge on any atom is -0.497 e. The average Bonchev–Trinajstić information content (AvgIpc) is 2.91. The highest BCUT2D eigenvalue weighted by Crippen LogP contribution is 2.24. The third kappa shape index (κ3) is 5.73. The number of carbonyl (C=O) groups excluding carboxylic acids is 2. The van der Waals surface area contributed by atoms with Gasteiger partial charge in [-0.2, -0.15) is 0 Å². The van der Waals surface area contributed by atoms with E-state index in [0.717, 1.165) is 25.1 Å². The van der Waals surface area contributed by atoms with Crippen LogP contribution in [0.4, 0.5) is 0 Å². The molecule has 1 fully saturated rings. The van der Waals surface area contributed by atoms with Crippen molar-refractivity contribution in [3.63, 3.8) is 0 Å². The molecule has 1 N–H and O–H groups in total. The summed E-state index contributed by atoms with van der Waals surface area (Å²) in [4.78, 5) is 26.6. The van der Waals surface area contributed by atoms with Gasteiger partial charge >= 0.3 is 0 Å². The molecule has 3 rings (SSSR count). The van der Waals surface area contributed by atoms with Gasteiger partial charge in [0.1, 0.15) is 17.2 Å². The zero-order valence-electron chi connectivity index (χ0n) is 17.0. The Bertz CT molecular complexity index is 818. The van der Waals surface area contributed by atoms with Gasteiger partial charge in [0, 0.05) is 31.1 Å². The van der Waals surface area contributed by atoms with Crippen molar-refractivity contribution < 1.29 is 19.1 Å². The molecular formula is C23H28N2O4. The Hall–Kier alpha value is -3.02. The predicted octanol–water partition coefficient (Wildman–Crippen LogP) is 4.01. The van der Waals surface area contributed by atoms with E-state index < -0.39 is 0 Å². The molecule has 6 heteroatoms. The van der Waals surface area contributed by atoms with Crippen LogP contribution in [0.15, 0.2) is 48.5 Å². The number of ether oxygens (including phenoxy) is 2. The number of rotatable bonds is 7. The first kappa shape index (κ1) is 20.7. The molecule has 1 unspecified atom stereocenters. The summed E-state index contributed by atoms with van der Waals surface area (Å²) < 4.78 is 10.9. The monoisotopic (exact) mass is 396 g/mol. The zero-order chi connectivity index (χ0) is 20.6. The minimum atomic E-state index is -0.123. The van der Waals surface area contributed by atoms with Crippen molar-refractivity contribution in [3.8, 4) is 17.2 Å². The molecule has 1 saturated heterocycles. The van der Waals surface area contributed by atoms with Gasteiger partial charge in [0.15, 0.2) is 0 Å². The van der Waals surface area contributed by atoms with Crippen molar-refractivity contribution in [1.29, 1.82) is 0 Å². The van der Waals surface area contributed by atoms with Gasteiger partial charge in [0.25, 0.3) is 5.91 Å². The van der Waals surface area contributed by atoms with E-state index in [2.05, 4.69) is 12.2 Å². The quantitative estimate of drug-likeness (QED) is 0.768. The van der Waals surface area contributed by atoms with Crippen LogP contribution in [-0.2, 0) is 4.79 Å². The molecule has 1 aliphatic rings. The molecule has 0 saturated carbocycles. The lowest BCUT2D eigenvalue weighted by Gasteiger charge is -2.20. The van der Waals surface area contributed by atoms with Crippen molar-refractivity contribution >= 4 is 11.8 Å². The number of methoxy groups -OCH3 is 1. The maximum atomic E-state index is 12.6. The maximum Gasteiger partial charge on any atom is 0.251 e. The average molecular weight is 396 g/mol. The Morgan fingerprint density at radius 3 is 2.28 bits per heavy atom. The van der Waals surface area contributed by atoms with Gasteiger partial charge in [-0.15, -0.1) is 0 Å². The van der Waals surface area contributed by atoms with E-state index >= 15 is 0 Å². The molecule has 2 aromatic carbocycles. The van der Waals surface area contributed by atoms with Crippen LogP contribution in [0.1, 0.15) is 43.0 Å². The van der Waals surface area contributed by atoms with Crippen LogP contribution >= 0.6 is 0 Å². The number of carbonyl (C=O) groups is 2. The third-order valence-corrected chi connectivity index (χ3v) is 5.05. The maximum absolute atomic E-state index is 12.6. The molecule has 2 aromatic rings. The summed E-state index contributed by atoms with van der Waals surface area (Å²) in [5.41, 5.74) is 0.577.